The fourth-order valence-corrected chi connectivity index (χ4v) is 0.981. The lowest BCUT2D eigenvalue weighted by molar-refractivity contribution is 0.299. The van der Waals surface area contributed by atoms with Crippen LogP contribution < -0.4 is 4.74 Å². The first-order valence-corrected chi connectivity index (χ1v) is 4.01. The molecule has 0 amide bonds. The third-order valence-corrected chi connectivity index (χ3v) is 1.79. The van der Waals surface area contributed by atoms with Crippen LogP contribution in [0.25, 0.3) is 0 Å². The van der Waals surface area contributed by atoms with Crippen LogP contribution in [0.3, 0.4) is 0 Å². The fraction of sp³-hybridized carbons (Fsp3) is 0.333. The minimum absolute atomic E-state index is 0.0538. The summed E-state index contributed by atoms with van der Waals surface area (Å²) in [5.74, 6) is -0.370. The average Bonchev–Trinajstić information content (AvgIpc) is 2.89. The highest BCUT2D eigenvalue weighted by Gasteiger charge is 2.25. The first-order chi connectivity index (χ1) is 6.31. The van der Waals surface area contributed by atoms with Crippen LogP contribution in [-0.2, 0) is 0 Å². The van der Waals surface area contributed by atoms with Crippen LogP contribution in [0, 0.1) is 17.1 Å². The predicted molar refractivity (Wildman–Crippen MR) is 42.6 cm³/mol. The molecule has 66 valence electrons. The molecule has 1 saturated carbocycles. The number of ether oxygens (including phenoxy) is 1. The molecule has 13 heavy (non-hydrogen) atoms. The second kappa shape index (κ2) is 3.02. The molecule has 3 nitrogen and oxygen atoms in total. The Hall–Kier alpha value is -1.63. The minimum Gasteiger partial charge on any atom is -0.487 e. The Balaban J connectivity index is 2.32. The zero-order chi connectivity index (χ0) is 9.26. The molecule has 2 rings (SSSR count). The highest BCUT2D eigenvalue weighted by molar-refractivity contribution is 5.41. The molecule has 0 aromatic carbocycles. The zero-order valence-electron chi connectivity index (χ0n) is 6.83. The van der Waals surface area contributed by atoms with E-state index in [4.69, 9.17) is 10.00 Å². The van der Waals surface area contributed by atoms with Crippen molar-refractivity contribution in [3.05, 3.63) is 23.8 Å². The summed E-state index contributed by atoms with van der Waals surface area (Å²) in [5.41, 5.74) is -0.0538. The number of aromatic nitrogens is 1. The Bertz CT molecular complexity index is 368. The second-order valence-electron chi connectivity index (χ2n) is 2.92. The highest BCUT2D eigenvalue weighted by atomic mass is 19.1. The van der Waals surface area contributed by atoms with Crippen molar-refractivity contribution in [1.29, 1.82) is 5.26 Å². The summed E-state index contributed by atoms with van der Waals surface area (Å²) in [6, 6.07) is 1.76. The van der Waals surface area contributed by atoms with E-state index in [1.165, 1.54) is 6.20 Å². The lowest BCUT2D eigenvalue weighted by atomic mass is 10.2. The Morgan fingerprint density at radius 1 is 1.54 bits per heavy atom. The summed E-state index contributed by atoms with van der Waals surface area (Å²) < 4.78 is 18.3. The van der Waals surface area contributed by atoms with Gasteiger partial charge < -0.3 is 4.74 Å². The predicted octanol–water partition coefficient (Wildman–Crippen LogP) is 1.63. The van der Waals surface area contributed by atoms with E-state index in [-0.39, 0.29) is 17.4 Å². The highest BCUT2D eigenvalue weighted by Crippen LogP contribution is 2.28. The van der Waals surface area contributed by atoms with E-state index in [1.807, 2.05) is 0 Å². The van der Waals surface area contributed by atoms with Crippen molar-refractivity contribution in [1.82, 2.24) is 4.98 Å². The molecule has 0 radical (unpaired) electrons. The monoisotopic (exact) mass is 178 g/mol. The van der Waals surface area contributed by atoms with E-state index < -0.39 is 5.82 Å². The van der Waals surface area contributed by atoms with Gasteiger partial charge in [-0.25, -0.2) is 4.39 Å². The minimum atomic E-state index is -0.624. The number of nitriles is 1. The average molecular weight is 178 g/mol. The van der Waals surface area contributed by atoms with Gasteiger partial charge in [0.25, 0.3) is 0 Å². The van der Waals surface area contributed by atoms with Crippen LogP contribution >= 0.6 is 0 Å². The summed E-state index contributed by atoms with van der Waals surface area (Å²) in [5, 5.41) is 8.63. The quantitative estimate of drug-likeness (QED) is 0.691. The largest absolute Gasteiger partial charge is 0.487 e. The van der Waals surface area contributed by atoms with Crippen molar-refractivity contribution in [2.45, 2.75) is 18.9 Å². The Morgan fingerprint density at radius 2 is 2.31 bits per heavy atom. The third kappa shape index (κ3) is 1.59. The summed E-state index contributed by atoms with van der Waals surface area (Å²) >= 11 is 0. The molecular formula is C9H7FN2O. The molecule has 0 bridgehead atoms. The Labute approximate surface area is 74.8 Å². The van der Waals surface area contributed by atoms with Crippen LogP contribution in [-0.4, -0.2) is 11.1 Å². The van der Waals surface area contributed by atoms with Crippen molar-refractivity contribution in [3.63, 3.8) is 0 Å². The molecule has 1 fully saturated rings. The summed E-state index contributed by atoms with van der Waals surface area (Å²) in [6.45, 7) is 0. The Kier molecular flexibility index (Phi) is 1.85. The van der Waals surface area contributed by atoms with Gasteiger partial charge in [-0.3, -0.25) is 4.98 Å². The van der Waals surface area contributed by atoms with Crippen molar-refractivity contribution in [3.8, 4) is 11.8 Å². The van der Waals surface area contributed by atoms with E-state index in [0.29, 0.717) is 0 Å². The van der Waals surface area contributed by atoms with E-state index in [1.54, 1.807) is 6.07 Å². The first-order valence-electron chi connectivity index (χ1n) is 4.01. The van der Waals surface area contributed by atoms with Gasteiger partial charge in [0.15, 0.2) is 11.6 Å². The van der Waals surface area contributed by atoms with E-state index in [9.17, 15) is 4.39 Å². The number of rotatable bonds is 2. The van der Waals surface area contributed by atoms with Crippen LogP contribution in [0.5, 0.6) is 5.75 Å². The lowest BCUT2D eigenvalue weighted by Crippen LogP contribution is -2.00. The molecule has 0 unspecified atom stereocenters. The first kappa shape index (κ1) is 7.99. The van der Waals surface area contributed by atoms with Gasteiger partial charge >= 0.3 is 0 Å². The lowest BCUT2D eigenvalue weighted by Gasteiger charge is -2.04. The topological polar surface area (TPSA) is 45.9 Å². The molecule has 1 aliphatic rings. The Morgan fingerprint density at radius 3 is 2.92 bits per heavy atom. The van der Waals surface area contributed by atoms with Crippen molar-refractivity contribution >= 4 is 0 Å². The van der Waals surface area contributed by atoms with Gasteiger partial charge in [-0.1, -0.05) is 0 Å². The van der Waals surface area contributed by atoms with Gasteiger partial charge in [-0.15, -0.1) is 0 Å². The van der Waals surface area contributed by atoms with Crippen LogP contribution in [0.4, 0.5) is 4.39 Å². The third-order valence-electron chi connectivity index (χ3n) is 1.79. The van der Waals surface area contributed by atoms with Gasteiger partial charge in [0.1, 0.15) is 11.6 Å². The van der Waals surface area contributed by atoms with Crippen LogP contribution in [0.2, 0.25) is 0 Å². The standard InChI is InChI=1S/C9H7FN2O/c10-8-4-12-5-9(7(8)3-11)13-6-1-2-6/h4-6H,1-2H2. The molecule has 1 aromatic rings. The number of nitrogens with zero attached hydrogens (tertiary/aromatic N) is 2. The van der Waals surface area contributed by atoms with Crippen molar-refractivity contribution < 1.29 is 9.13 Å². The van der Waals surface area contributed by atoms with Crippen molar-refractivity contribution in [2.75, 3.05) is 0 Å². The summed E-state index contributed by atoms with van der Waals surface area (Å²) in [6.07, 6.45) is 4.48. The van der Waals surface area contributed by atoms with Crippen LogP contribution in [0.15, 0.2) is 12.4 Å². The molecule has 0 atom stereocenters. The number of halogens is 1. The van der Waals surface area contributed by atoms with Gasteiger partial charge in [0.2, 0.25) is 0 Å². The maximum atomic E-state index is 13.0. The van der Waals surface area contributed by atoms with E-state index in [0.717, 1.165) is 19.0 Å². The number of hydrogen-bond donors (Lipinski definition) is 0. The molecule has 4 heteroatoms. The molecule has 0 saturated heterocycles. The SMILES string of the molecule is N#Cc1c(F)cncc1OC1CC1. The zero-order valence-corrected chi connectivity index (χ0v) is 6.83. The summed E-state index contributed by atoms with van der Waals surface area (Å²) in [7, 11) is 0. The molecule has 1 aliphatic carbocycles. The molecular weight excluding hydrogens is 171 g/mol. The van der Waals surface area contributed by atoms with Gasteiger partial charge in [0.05, 0.1) is 18.5 Å². The number of hydrogen-bond acceptors (Lipinski definition) is 3. The van der Waals surface area contributed by atoms with Gasteiger partial charge in [-0.2, -0.15) is 5.26 Å². The molecule has 0 N–H and O–H groups in total. The normalized spacial score (nSPS) is 15.1. The smallest absolute Gasteiger partial charge is 0.163 e. The van der Waals surface area contributed by atoms with E-state index >= 15 is 0 Å². The molecule has 1 heterocycles. The fourth-order valence-electron chi connectivity index (χ4n) is 0.981. The van der Waals surface area contributed by atoms with Crippen molar-refractivity contribution in [2.24, 2.45) is 0 Å². The van der Waals surface area contributed by atoms with E-state index in [2.05, 4.69) is 4.98 Å². The second-order valence-corrected chi connectivity index (χ2v) is 2.92. The number of pyridine rings is 1. The van der Waals surface area contributed by atoms with Crippen LogP contribution in [0.1, 0.15) is 18.4 Å². The maximum absolute atomic E-state index is 13.0. The molecule has 1 aromatic heterocycles. The van der Waals surface area contributed by atoms with Gasteiger partial charge in [0, 0.05) is 0 Å². The van der Waals surface area contributed by atoms with Gasteiger partial charge in [-0.05, 0) is 12.8 Å². The molecule has 0 aliphatic heterocycles. The summed E-state index contributed by atoms with van der Waals surface area (Å²) in [4.78, 5) is 3.62. The maximum Gasteiger partial charge on any atom is 0.163 e. The molecule has 0 spiro atoms.